The lowest BCUT2D eigenvalue weighted by atomic mass is 10.1. The number of rotatable bonds is 38. The van der Waals surface area contributed by atoms with E-state index in [1.165, 1.54) is 96.3 Å². The monoisotopic (exact) mass is 769 g/mol. The maximum absolute atomic E-state index is 12.6. The van der Waals surface area contributed by atoms with Gasteiger partial charge in [-0.3, -0.25) is 14.4 Å². The molecule has 0 aromatic rings. The van der Waals surface area contributed by atoms with E-state index in [0.717, 1.165) is 64.2 Å². The molecule has 0 bridgehead atoms. The van der Waals surface area contributed by atoms with Crippen molar-refractivity contribution in [2.24, 2.45) is 5.73 Å². The molecule has 0 rings (SSSR count). The Kier molecular flexibility index (Phi) is 37.3. The summed E-state index contributed by atoms with van der Waals surface area (Å²) in [7, 11) is 0. The average molecular weight is 771 g/mol. The predicted octanol–water partition coefficient (Wildman–Crippen LogP) is 11.8. The van der Waals surface area contributed by atoms with Crippen LogP contribution in [0.1, 0.15) is 194 Å². The number of nitrogens with two attached hydrogens (primary N) is 1. The normalized spacial score (nSPS) is 12.9. The number of hydrogen-bond donors (Lipinski definition) is 1. The summed E-state index contributed by atoms with van der Waals surface area (Å²) >= 11 is 3.31. The first-order valence-electron chi connectivity index (χ1n) is 20.6. The number of hydrogen-bond acceptors (Lipinski definition) is 6. The van der Waals surface area contributed by atoms with Crippen molar-refractivity contribution in [1.82, 2.24) is 0 Å². The molecule has 2 N–H and O–H groups in total. The highest BCUT2D eigenvalue weighted by Crippen LogP contribution is 2.14. The Morgan fingerprint density at radius 2 is 0.940 bits per heavy atom. The molecule has 0 aliphatic carbocycles. The van der Waals surface area contributed by atoms with Crippen molar-refractivity contribution < 1.29 is 28.6 Å². The molecule has 8 heteroatoms. The van der Waals surface area contributed by atoms with Gasteiger partial charge in [0.25, 0.3) is 5.91 Å². The SMILES string of the molecule is CCCCCCCCC=CCCCCCCCC(=O)OCC(OCCBr)C(OC(=O)CCCCCCCC=CCCCCCCCC)C(N)=O. The molecule has 0 aliphatic rings. The number of primary amides is 1. The summed E-state index contributed by atoms with van der Waals surface area (Å²) < 4.78 is 16.6. The van der Waals surface area contributed by atoms with Gasteiger partial charge >= 0.3 is 11.9 Å². The lowest BCUT2D eigenvalue weighted by molar-refractivity contribution is -0.170. The van der Waals surface area contributed by atoms with Gasteiger partial charge in [0.15, 0.2) is 0 Å². The number of allylic oxidation sites excluding steroid dienone is 4. The molecule has 0 aromatic carbocycles. The van der Waals surface area contributed by atoms with Gasteiger partial charge in [0, 0.05) is 18.2 Å². The molecule has 0 fully saturated rings. The Bertz CT molecular complexity index is 848. The number of alkyl halides is 1. The van der Waals surface area contributed by atoms with Crippen LogP contribution in [0.5, 0.6) is 0 Å². The van der Waals surface area contributed by atoms with Crippen molar-refractivity contribution in [3.05, 3.63) is 24.3 Å². The van der Waals surface area contributed by atoms with Crippen molar-refractivity contribution in [3.8, 4) is 0 Å². The third kappa shape index (κ3) is 33.5. The van der Waals surface area contributed by atoms with E-state index in [1.807, 2.05) is 0 Å². The molecule has 0 saturated heterocycles. The number of esters is 2. The van der Waals surface area contributed by atoms with E-state index in [1.54, 1.807) is 0 Å². The summed E-state index contributed by atoms with van der Waals surface area (Å²) in [4.78, 5) is 37.2. The molecule has 0 radical (unpaired) electrons. The predicted molar refractivity (Wildman–Crippen MR) is 212 cm³/mol. The molecular weight excluding hydrogens is 694 g/mol. The Morgan fingerprint density at radius 3 is 1.34 bits per heavy atom. The molecule has 0 aliphatic heterocycles. The Labute approximate surface area is 315 Å². The maximum atomic E-state index is 12.6. The van der Waals surface area contributed by atoms with E-state index in [-0.39, 0.29) is 25.6 Å². The van der Waals surface area contributed by atoms with Gasteiger partial charge in [0.05, 0.1) is 6.61 Å². The third-order valence-corrected chi connectivity index (χ3v) is 9.30. The fraction of sp³-hybridized carbons (Fsp3) is 0.833. The minimum absolute atomic E-state index is 0.189. The molecule has 7 nitrogen and oxygen atoms in total. The lowest BCUT2D eigenvalue weighted by Crippen LogP contribution is -2.46. The van der Waals surface area contributed by atoms with Crippen molar-refractivity contribution in [3.63, 3.8) is 0 Å². The third-order valence-electron chi connectivity index (χ3n) is 8.98. The van der Waals surface area contributed by atoms with E-state index >= 15 is 0 Å². The fourth-order valence-corrected chi connectivity index (χ4v) is 6.05. The number of carbonyl (C=O) groups excluding carboxylic acids is 3. The lowest BCUT2D eigenvalue weighted by Gasteiger charge is -2.24. The van der Waals surface area contributed by atoms with Crippen molar-refractivity contribution in [1.29, 1.82) is 0 Å². The molecule has 0 saturated carbocycles. The summed E-state index contributed by atoms with van der Waals surface area (Å²) in [6.07, 6.45) is 38.3. The highest BCUT2D eigenvalue weighted by Gasteiger charge is 2.32. The second-order valence-electron chi connectivity index (χ2n) is 13.8. The number of halogens is 1. The van der Waals surface area contributed by atoms with Crippen molar-refractivity contribution in [2.75, 3.05) is 18.5 Å². The quantitative estimate of drug-likeness (QED) is 0.0290. The van der Waals surface area contributed by atoms with E-state index in [4.69, 9.17) is 19.9 Å². The van der Waals surface area contributed by atoms with Crippen LogP contribution in [0.3, 0.4) is 0 Å². The summed E-state index contributed by atoms with van der Waals surface area (Å²) in [5, 5.41) is 0.515. The van der Waals surface area contributed by atoms with Gasteiger partial charge < -0.3 is 19.9 Å². The van der Waals surface area contributed by atoms with Crippen LogP contribution in [-0.4, -0.2) is 48.6 Å². The highest BCUT2D eigenvalue weighted by atomic mass is 79.9. The molecule has 292 valence electrons. The zero-order valence-electron chi connectivity index (χ0n) is 32.3. The Balaban J connectivity index is 4.13. The molecule has 0 aromatic heterocycles. The summed E-state index contributed by atoms with van der Waals surface area (Å²) in [5.74, 6) is -1.65. The van der Waals surface area contributed by atoms with E-state index < -0.39 is 24.1 Å². The average Bonchev–Trinajstić information content (AvgIpc) is 3.10. The van der Waals surface area contributed by atoms with Gasteiger partial charge in [-0.15, -0.1) is 0 Å². The van der Waals surface area contributed by atoms with Crippen molar-refractivity contribution in [2.45, 2.75) is 206 Å². The first kappa shape index (κ1) is 48.3. The largest absolute Gasteiger partial charge is 0.463 e. The summed E-state index contributed by atoms with van der Waals surface area (Å²) in [6, 6.07) is 0. The minimum Gasteiger partial charge on any atom is -0.463 e. The first-order valence-corrected chi connectivity index (χ1v) is 21.7. The molecule has 50 heavy (non-hydrogen) atoms. The van der Waals surface area contributed by atoms with Crippen LogP contribution in [0.15, 0.2) is 24.3 Å². The second kappa shape index (κ2) is 38.6. The molecule has 2 atom stereocenters. The number of amides is 1. The zero-order chi connectivity index (χ0) is 36.8. The second-order valence-corrected chi connectivity index (χ2v) is 14.6. The Morgan fingerprint density at radius 1 is 0.560 bits per heavy atom. The number of ether oxygens (including phenoxy) is 3. The van der Waals surface area contributed by atoms with Crippen LogP contribution in [0.25, 0.3) is 0 Å². The highest BCUT2D eigenvalue weighted by molar-refractivity contribution is 9.09. The van der Waals surface area contributed by atoms with Crippen LogP contribution in [0, 0.1) is 0 Å². The molecule has 1 amide bonds. The van der Waals surface area contributed by atoms with Gasteiger partial charge in [-0.2, -0.15) is 0 Å². The standard InChI is InChI=1S/C42H76BrNO6/c1-3-5-7-9-11-13-15-17-19-21-23-25-27-29-31-33-39(45)49-37-38(48-36-35-43)41(42(44)47)50-40(46)34-32-30-28-26-24-22-20-18-16-14-12-10-8-6-4-2/h17-20,38,41H,3-16,21-37H2,1-2H3,(H2,44,47). The minimum atomic E-state index is -1.31. The van der Waals surface area contributed by atoms with Crippen LogP contribution >= 0.6 is 15.9 Å². The number of carbonyl (C=O) groups is 3. The Hall–Kier alpha value is -1.67. The van der Waals surface area contributed by atoms with E-state index in [2.05, 4.69) is 54.1 Å². The van der Waals surface area contributed by atoms with Crippen molar-refractivity contribution >= 4 is 33.8 Å². The van der Waals surface area contributed by atoms with E-state index in [9.17, 15) is 14.4 Å². The van der Waals surface area contributed by atoms with E-state index in [0.29, 0.717) is 18.2 Å². The van der Waals surface area contributed by atoms with Gasteiger partial charge in [-0.1, -0.05) is 157 Å². The van der Waals surface area contributed by atoms with Gasteiger partial charge in [0.2, 0.25) is 6.10 Å². The molecule has 2 unspecified atom stereocenters. The fourth-order valence-electron chi connectivity index (χ4n) is 5.86. The van der Waals surface area contributed by atoms with Crippen LogP contribution in [0.4, 0.5) is 0 Å². The van der Waals surface area contributed by atoms with Gasteiger partial charge in [-0.05, 0) is 64.2 Å². The van der Waals surface area contributed by atoms with Gasteiger partial charge in [0.1, 0.15) is 12.7 Å². The summed E-state index contributed by atoms with van der Waals surface area (Å²) in [5.41, 5.74) is 5.59. The zero-order valence-corrected chi connectivity index (χ0v) is 33.9. The molecule has 0 heterocycles. The van der Waals surface area contributed by atoms with Crippen LogP contribution < -0.4 is 5.73 Å². The van der Waals surface area contributed by atoms with Crippen LogP contribution in [-0.2, 0) is 28.6 Å². The van der Waals surface area contributed by atoms with Gasteiger partial charge in [-0.25, -0.2) is 0 Å². The smallest absolute Gasteiger partial charge is 0.306 e. The first-order chi connectivity index (χ1) is 24.5. The molecule has 0 spiro atoms. The summed E-state index contributed by atoms with van der Waals surface area (Å²) in [6.45, 7) is 4.57. The number of unbranched alkanes of at least 4 members (excludes halogenated alkanes) is 22. The topological polar surface area (TPSA) is 105 Å². The molecular formula is C42H76BrNO6. The van der Waals surface area contributed by atoms with Crippen LogP contribution in [0.2, 0.25) is 0 Å². The maximum Gasteiger partial charge on any atom is 0.306 e.